The zero-order valence-corrected chi connectivity index (χ0v) is 15.1. The lowest BCUT2D eigenvalue weighted by molar-refractivity contribution is 0.354. The van der Waals surface area contributed by atoms with Crippen LogP contribution in [0, 0.1) is 0 Å². The number of aromatic nitrogens is 1. The first kappa shape index (κ1) is 17.8. The maximum Gasteiger partial charge on any atom is 0.226 e. The Morgan fingerprint density at radius 2 is 1.77 bits per heavy atom. The SMILES string of the molecule is COc1cccc(-c2nc(CNCc3ccc(OC)c(OC)c3)co2)c1. The number of rotatable bonds is 8. The smallest absolute Gasteiger partial charge is 0.226 e. The molecule has 136 valence electrons. The van der Waals surface area contributed by atoms with Crippen LogP contribution in [-0.2, 0) is 13.1 Å². The number of hydrogen-bond acceptors (Lipinski definition) is 6. The maximum absolute atomic E-state index is 5.58. The molecular formula is C20H22N2O4. The van der Waals surface area contributed by atoms with Gasteiger partial charge < -0.3 is 23.9 Å². The molecule has 1 aromatic heterocycles. The summed E-state index contributed by atoms with van der Waals surface area (Å²) < 4.78 is 21.4. The summed E-state index contributed by atoms with van der Waals surface area (Å²) in [5, 5.41) is 3.35. The van der Waals surface area contributed by atoms with Crippen molar-refractivity contribution in [3.8, 4) is 28.7 Å². The summed E-state index contributed by atoms with van der Waals surface area (Å²) in [7, 11) is 4.89. The van der Waals surface area contributed by atoms with Gasteiger partial charge in [0.1, 0.15) is 12.0 Å². The van der Waals surface area contributed by atoms with E-state index in [2.05, 4.69) is 10.3 Å². The highest BCUT2D eigenvalue weighted by Crippen LogP contribution is 2.27. The molecule has 6 nitrogen and oxygen atoms in total. The summed E-state index contributed by atoms with van der Waals surface area (Å²) in [5.41, 5.74) is 2.82. The molecule has 0 spiro atoms. The molecular weight excluding hydrogens is 332 g/mol. The van der Waals surface area contributed by atoms with E-state index in [1.165, 1.54) is 0 Å². The minimum Gasteiger partial charge on any atom is -0.497 e. The van der Waals surface area contributed by atoms with Crippen molar-refractivity contribution < 1.29 is 18.6 Å². The first-order valence-corrected chi connectivity index (χ1v) is 8.24. The zero-order valence-electron chi connectivity index (χ0n) is 15.1. The van der Waals surface area contributed by atoms with Gasteiger partial charge in [-0.05, 0) is 35.9 Å². The standard InChI is InChI=1S/C20H22N2O4/c1-23-17-6-4-5-15(10-17)20-22-16(13-26-20)12-21-11-14-7-8-18(24-2)19(9-14)25-3/h4-10,13,21H,11-12H2,1-3H3. The van der Waals surface area contributed by atoms with E-state index in [4.69, 9.17) is 18.6 Å². The topological polar surface area (TPSA) is 65.8 Å². The number of hydrogen-bond donors (Lipinski definition) is 1. The van der Waals surface area contributed by atoms with E-state index >= 15 is 0 Å². The van der Waals surface area contributed by atoms with E-state index in [9.17, 15) is 0 Å². The van der Waals surface area contributed by atoms with Crippen molar-refractivity contribution in [1.82, 2.24) is 10.3 Å². The maximum atomic E-state index is 5.58. The molecule has 1 heterocycles. The molecule has 0 unspecified atom stereocenters. The number of nitrogens with zero attached hydrogens (tertiary/aromatic N) is 1. The Morgan fingerprint density at radius 1 is 0.923 bits per heavy atom. The van der Waals surface area contributed by atoms with Gasteiger partial charge in [-0.2, -0.15) is 0 Å². The summed E-state index contributed by atoms with van der Waals surface area (Å²) in [6.07, 6.45) is 1.66. The van der Waals surface area contributed by atoms with Crippen LogP contribution in [-0.4, -0.2) is 26.3 Å². The number of oxazole rings is 1. The third-order valence-electron chi connectivity index (χ3n) is 3.95. The Labute approximate surface area is 152 Å². The molecule has 0 aliphatic rings. The van der Waals surface area contributed by atoms with Gasteiger partial charge in [-0.3, -0.25) is 0 Å². The molecule has 0 aliphatic carbocycles. The third kappa shape index (κ3) is 4.15. The lowest BCUT2D eigenvalue weighted by atomic mass is 10.2. The minimum absolute atomic E-state index is 0.576. The molecule has 3 aromatic rings. The second-order valence-electron chi connectivity index (χ2n) is 5.67. The number of methoxy groups -OCH3 is 3. The molecule has 0 saturated carbocycles. The van der Waals surface area contributed by atoms with Crippen LogP contribution in [0.4, 0.5) is 0 Å². The first-order valence-electron chi connectivity index (χ1n) is 8.24. The lowest BCUT2D eigenvalue weighted by Gasteiger charge is -2.09. The molecule has 0 fully saturated rings. The van der Waals surface area contributed by atoms with Crippen molar-refractivity contribution in [3.63, 3.8) is 0 Å². The Morgan fingerprint density at radius 3 is 2.54 bits per heavy atom. The van der Waals surface area contributed by atoms with Gasteiger partial charge in [-0.15, -0.1) is 0 Å². The van der Waals surface area contributed by atoms with Crippen molar-refractivity contribution in [3.05, 3.63) is 60.0 Å². The van der Waals surface area contributed by atoms with E-state index in [1.54, 1.807) is 27.6 Å². The second kappa shape index (κ2) is 8.40. The van der Waals surface area contributed by atoms with Crippen LogP contribution < -0.4 is 19.5 Å². The monoisotopic (exact) mass is 354 g/mol. The number of benzene rings is 2. The van der Waals surface area contributed by atoms with Crippen LogP contribution in [0.25, 0.3) is 11.5 Å². The highest BCUT2D eigenvalue weighted by molar-refractivity contribution is 5.56. The van der Waals surface area contributed by atoms with E-state index in [1.807, 2.05) is 42.5 Å². The van der Waals surface area contributed by atoms with Gasteiger partial charge in [0.15, 0.2) is 11.5 Å². The summed E-state index contributed by atoms with van der Waals surface area (Å²) in [6.45, 7) is 1.28. The predicted octanol–water partition coefficient (Wildman–Crippen LogP) is 3.66. The normalized spacial score (nSPS) is 10.6. The predicted molar refractivity (Wildman–Crippen MR) is 98.6 cm³/mol. The van der Waals surface area contributed by atoms with E-state index in [-0.39, 0.29) is 0 Å². The van der Waals surface area contributed by atoms with Crippen LogP contribution in [0.1, 0.15) is 11.3 Å². The van der Waals surface area contributed by atoms with E-state index in [0.29, 0.717) is 24.7 Å². The van der Waals surface area contributed by atoms with Gasteiger partial charge in [0.25, 0.3) is 0 Å². The quantitative estimate of drug-likeness (QED) is 0.666. The molecule has 0 atom stereocenters. The Hall–Kier alpha value is -2.99. The third-order valence-corrected chi connectivity index (χ3v) is 3.95. The molecule has 6 heteroatoms. The summed E-state index contributed by atoms with van der Waals surface area (Å²) in [4.78, 5) is 4.52. The van der Waals surface area contributed by atoms with Crippen molar-refractivity contribution in [1.29, 1.82) is 0 Å². The van der Waals surface area contributed by atoms with Crippen LogP contribution in [0.5, 0.6) is 17.2 Å². The molecule has 2 aromatic carbocycles. The van der Waals surface area contributed by atoms with Gasteiger partial charge in [0.05, 0.1) is 27.0 Å². The highest BCUT2D eigenvalue weighted by Gasteiger charge is 2.08. The molecule has 0 bridgehead atoms. The second-order valence-corrected chi connectivity index (χ2v) is 5.67. The largest absolute Gasteiger partial charge is 0.497 e. The summed E-state index contributed by atoms with van der Waals surface area (Å²) >= 11 is 0. The zero-order chi connectivity index (χ0) is 18.4. The summed E-state index contributed by atoms with van der Waals surface area (Å²) in [5.74, 6) is 2.78. The average molecular weight is 354 g/mol. The fraction of sp³-hybridized carbons (Fsp3) is 0.250. The number of nitrogens with one attached hydrogen (secondary N) is 1. The number of ether oxygens (including phenoxy) is 3. The molecule has 1 N–H and O–H groups in total. The molecule has 0 radical (unpaired) electrons. The van der Waals surface area contributed by atoms with Crippen molar-refractivity contribution in [2.24, 2.45) is 0 Å². The fourth-order valence-corrected chi connectivity index (χ4v) is 2.60. The van der Waals surface area contributed by atoms with Gasteiger partial charge in [-0.25, -0.2) is 4.98 Å². The molecule has 0 aliphatic heterocycles. The van der Waals surface area contributed by atoms with Gasteiger partial charge in [-0.1, -0.05) is 12.1 Å². The van der Waals surface area contributed by atoms with Gasteiger partial charge in [0, 0.05) is 18.7 Å². The highest BCUT2D eigenvalue weighted by atomic mass is 16.5. The molecule has 3 rings (SSSR count). The summed E-state index contributed by atoms with van der Waals surface area (Å²) in [6, 6.07) is 13.5. The van der Waals surface area contributed by atoms with Gasteiger partial charge >= 0.3 is 0 Å². The van der Waals surface area contributed by atoms with Crippen molar-refractivity contribution in [2.45, 2.75) is 13.1 Å². The molecule has 26 heavy (non-hydrogen) atoms. The van der Waals surface area contributed by atoms with Crippen LogP contribution in [0.2, 0.25) is 0 Å². The van der Waals surface area contributed by atoms with Crippen LogP contribution in [0.3, 0.4) is 0 Å². The lowest BCUT2D eigenvalue weighted by Crippen LogP contribution is -2.13. The van der Waals surface area contributed by atoms with Crippen molar-refractivity contribution >= 4 is 0 Å². The minimum atomic E-state index is 0.576. The van der Waals surface area contributed by atoms with Crippen LogP contribution >= 0.6 is 0 Å². The molecule has 0 amide bonds. The average Bonchev–Trinajstić information content (AvgIpc) is 3.17. The van der Waals surface area contributed by atoms with E-state index in [0.717, 1.165) is 28.3 Å². The Bertz CT molecular complexity index is 861. The Kier molecular flexibility index (Phi) is 5.76. The fourth-order valence-electron chi connectivity index (χ4n) is 2.60. The van der Waals surface area contributed by atoms with E-state index < -0.39 is 0 Å². The van der Waals surface area contributed by atoms with Crippen molar-refractivity contribution in [2.75, 3.05) is 21.3 Å². The van der Waals surface area contributed by atoms with Crippen LogP contribution in [0.15, 0.2) is 53.1 Å². The first-order chi connectivity index (χ1) is 12.7. The molecule has 0 saturated heterocycles. The Balaban J connectivity index is 1.60. The van der Waals surface area contributed by atoms with Gasteiger partial charge in [0.2, 0.25) is 5.89 Å².